The lowest BCUT2D eigenvalue weighted by atomic mass is 9.72. The first-order valence-electron chi connectivity index (χ1n) is 13.0. The fourth-order valence-corrected chi connectivity index (χ4v) is 6.01. The molecule has 4 aromatic rings. The number of rotatable bonds is 6. The number of hydrogen-bond acceptors (Lipinski definition) is 6. The molecule has 6 rings (SSSR count). The second kappa shape index (κ2) is 9.54. The standard InChI is InChI=1S/C29H32N4O3/c1-2-15-32-16-7-14-29(19-32)18-22-9-3-5-10-23(22)33(20-29)27(34)13-12-26-30-28(31-36-26)25-17-21-8-4-6-11-24(21)35-25/h3-6,8-11,17H,2,7,12-16,18-20H2,1H3. The van der Waals surface area contributed by atoms with E-state index in [4.69, 9.17) is 8.94 Å². The number of fused-ring (bicyclic) bond motifs is 2. The van der Waals surface area contributed by atoms with Gasteiger partial charge >= 0.3 is 0 Å². The number of carbonyl (C=O) groups excluding carboxylic acids is 1. The van der Waals surface area contributed by atoms with Gasteiger partial charge in [0.05, 0.1) is 0 Å². The molecule has 7 nitrogen and oxygen atoms in total. The van der Waals surface area contributed by atoms with Gasteiger partial charge in [0.25, 0.3) is 0 Å². The van der Waals surface area contributed by atoms with Gasteiger partial charge in [-0.15, -0.1) is 0 Å². The van der Waals surface area contributed by atoms with E-state index in [0.29, 0.717) is 30.3 Å². The summed E-state index contributed by atoms with van der Waals surface area (Å²) >= 11 is 0. The van der Waals surface area contributed by atoms with Crippen LogP contribution in [0.3, 0.4) is 0 Å². The minimum absolute atomic E-state index is 0.109. The fraction of sp³-hybridized carbons (Fsp3) is 0.414. The average molecular weight is 485 g/mol. The minimum atomic E-state index is 0.109. The molecule has 1 unspecified atom stereocenters. The Kier molecular flexibility index (Phi) is 6.09. The third kappa shape index (κ3) is 4.44. The maximum Gasteiger partial charge on any atom is 0.238 e. The highest BCUT2D eigenvalue weighted by molar-refractivity contribution is 5.95. The minimum Gasteiger partial charge on any atom is -0.453 e. The van der Waals surface area contributed by atoms with Gasteiger partial charge in [0.2, 0.25) is 17.6 Å². The SMILES string of the molecule is CCCN1CCCC2(Cc3ccccc3N(C(=O)CCc3nc(-c4cc5ccccc5o4)no3)C2)C1. The summed E-state index contributed by atoms with van der Waals surface area (Å²) < 4.78 is 11.3. The molecule has 186 valence electrons. The van der Waals surface area contributed by atoms with Crippen LogP contribution in [-0.2, 0) is 17.6 Å². The van der Waals surface area contributed by atoms with Crippen LogP contribution in [0.4, 0.5) is 5.69 Å². The van der Waals surface area contributed by atoms with Crippen molar-refractivity contribution in [1.82, 2.24) is 15.0 Å². The first-order valence-corrected chi connectivity index (χ1v) is 13.0. The van der Waals surface area contributed by atoms with Crippen LogP contribution in [0.25, 0.3) is 22.6 Å². The molecule has 2 aliphatic heterocycles. The highest BCUT2D eigenvalue weighted by Gasteiger charge is 2.42. The molecule has 2 aromatic heterocycles. The Labute approximate surface area is 211 Å². The second-order valence-electron chi connectivity index (χ2n) is 10.3. The molecule has 1 saturated heterocycles. The lowest BCUT2D eigenvalue weighted by molar-refractivity contribution is -0.119. The molecule has 36 heavy (non-hydrogen) atoms. The number of aromatic nitrogens is 2. The third-order valence-corrected chi connectivity index (χ3v) is 7.59. The first kappa shape index (κ1) is 23.0. The maximum absolute atomic E-state index is 13.6. The van der Waals surface area contributed by atoms with Crippen LogP contribution in [0.2, 0.25) is 0 Å². The third-order valence-electron chi connectivity index (χ3n) is 7.59. The summed E-state index contributed by atoms with van der Waals surface area (Å²) in [6.45, 7) is 6.36. The number of anilines is 1. The summed E-state index contributed by atoms with van der Waals surface area (Å²) in [5.41, 5.74) is 3.23. The van der Waals surface area contributed by atoms with Gasteiger partial charge in [-0.05, 0) is 62.5 Å². The van der Waals surface area contributed by atoms with Crippen molar-refractivity contribution in [1.29, 1.82) is 0 Å². The molecular formula is C29H32N4O3. The van der Waals surface area contributed by atoms with Crippen molar-refractivity contribution in [2.24, 2.45) is 5.41 Å². The average Bonchev–Trinajstić information content (AvgIpc) is 3.54. The zero-order valence-corrected chi connectivity index (χ0v) is 20.8. The Hall–Kier alpha value is -3.45. The number of carbonyl (C=O) groups is 1. The molecule has 7 heteroatoms. The monoisotopic (exact) mass is 484 g/mol. The molecule has 0 bridgehead atoms. The fourth-order valence-electron chi connectivity index (χ4n) is 6.01. The molecule has 2 aromatic carbocycles. The van der Waals surface area contributed by atoms with Crippen LogP contribution in [0.15, 0.2) is 63.5 Å². The summed E-state index contributed by atoms with van der Waals surface area (Å²) in [5.74, 6) is 1.54. The summed E-state index contributed by atoms with van der Waals surface area (Å²) in [6.07, 6.45) is 5.28. The van der Waals surface area contributed by atoms with E-state index in [1.807, 2.05) is 41.3 Å². The highest BCUT2D eigenvalue weighted by Crippen LogP contribution is 2.42. The van der Waals surface area contributed by atoms with Crippen molar-refractivity contribution in [2.75, 3.05) is 31.1 Å². The van der Waals surface area contributed by atoms with E-state index in [1.165, 1.54) is 12.0 Å². The van der Waals surface area contributed by atoms with E-state index in [0.717, 1.165) is 62.1 Å². The molecule has 1 amide bonds. The van der Waals surface area contributed by atoms with Crippen molar-refractivity contribution in [2.45, 2.75) is 45.4 Å². The van der Waals surface area contributed by atoms with E-state index in [9.17, 15) is 4.79 Å². The van der Waals surface area contributed by atoms with Gasteiger partial charge in [-0.2, -0.15) is 4.98 Å². The molecule has 2 aliphatic rings. The zero-order valence-electron chi connectivity index (χ0n) is 20.8. The van der Waals surface area contributed by atoms with E-state index in [1.54, 1.807) is 0 Å². The largest absolute Gasteiger partial charge is 0.453 e. The van der Waals surface area contributed by atoms with Crippen molar-refractivity contribution in [3.63, 3.8) is 0 Å². The number of benzene rings is 2. The van der Waals surface area contributed by atoms with Crippen LogP contribution < -0.4 is 4.90 Å². The Morgan fingerprint density at radius 3 is 2.86 bits per heavy atom. The Balaban J connectivity index is 1.17. The van der Waals surface area contributed by atoms with Crippen LogP contribution in [0.1, 0.15) is 44.1 Å². The summed E-state index contributed by atoms with van der Waals surface area (Å²) in [6, 6.07) is 18.1. The highest BCUT2D eigenvalue weighted by atomic mass is 16.5. The molecule has 4 heterocycles. The number of para-hydroxylation sites is 2. The Bertz CT molecular complexity index is 1340. The summed E-state index contributed by atoms with van der Waals surface area (Å²) in [5, 5.41) is 5.08. The van der Waals surface area contributed by atoms with Crippen molar-refractivity contribution in [3.8, 4) is 11.6 Å². The second-order valence-corrected chi connectivity index (χ2v) is 10.3. The Morgan fingerprint density at radius 1 is 1.11 bits per heavy atom. The van der Waals surface area contributed by atoms with Gasteiger partial charge in [-0.1, -0.05) is 48.5 Å². The van der Waals surface area contributed by atoms with E-state index < -0.39 is 0 Å². The van der Waals surface area contributed by atoms with E-state index >= 15 is 0 Å². The van der Waals surface area contributed by atoms with Gasteiger partial charge < -0.3 is 18.7 Å². The molecule has 0 radical (unpaired) electrons. The van der Waals surface area contributed by atoms with Crippen molar-refractivity contribution in [3.05, 3.63) is 66.1 Å². The smallest absolute Gasteiger partial charge is 0.238 e. The number of likely N-dealkylation sites (tertiary alicyclic amines) is 1. The van der Waals surface area contributed by atoms with Gasteiger partial charge in [-0.3, -0.25) is 4.79 Å². The Morgan fingerprint density at radius 2 is 1.97 bits per heavy atom. The zero-order chi connectivity index (χ0) is 24.5. The van der Waals surface area contributed by atoms with Crippen LogP contribution in [0.5, 0.6) is 0 Å². The van der Waals surface area contributed by atoms with Crippen LogP contribution >= 0.6 is 0 Å². The number of furan rings is 1. The van der Waals surface area contributed by atoms with Gasteiger partial charge in [0.1, 0.15) is 5.58 Å². The lowest BCUT2D eigenvalue weighted by Gasteiger charge is -2.49. The van der Waals surface area contributed by atoms with Crippen LogP contribution in [0, 0.1) is 5.41 Å². The molecule has 1 spiro atoms. The van der Waals surface area contributed by atoms with Crippen molar-refractivity contribution < 1.29 is 13.7 Å². The quantitative estimate of drug-likeness (QED) is 0.360. The van der Waals surface area contributed by atoms with E-state index in [-0.39, 0.29) is 11.3 Å². The number of piperidine rings is 1. The number of hydrogen-bond donors (Lipinski definition) is 0. The van der Waals surface area contributed by atoms with Gasteiger partial charge in [0, 0.05) is 42.4 Å². The van der Waals surface area contributed by atoms with E-state index in [2.05, 4.69) is 40.2 Å². The lowest BCUT2D eigenvalue weighted by Crippen LogP contribution is -2.54. The molecular weight excluding hydrogens is 452 g/mol. The summed E-state index contributed by atoms with van der Waals surface area (Å²) in [7, 11) is 0. The predicted molar refractivity (Wildman–Crippen MR) is 139 cm³/mol. The first-order chi connectivity index (χ1) is 17.6. The number of aryl methyl sites for hydroxylation is 1. The molecule has 0 N–H and O–H groups in total. The van der Waals surface area contributed by atoms with Gasteiger partial charge in [0.15, 0.2) is 5.76 Å². The molecule has 0 saturated carbocycles. The van der Waals surface area contributed by atoms with Crippen LogP contribution in [-0.4, -0.2) is 47.1 Å². The van der Waals surface area contributed by atoms with Gasteiger partial charge in [-0.25, -0.2) is 0 Å². The summed E-state index contributed by atoms with van der Waals surface area (Å²) in [4.78, 5) is 22.7. The molecule has 1 fully saturated rings. The molecule has 1 atom stereocenters. The predicted octanol–water partition coefficient (Wildman–Crippen LogP) is 5.50. The maximum atomic E-state index is 13.6. The number of nitrogens with zero attached hydrogens (tertiary/aromatic N) is 4. The molecule has 0 aliphatic carbocycles. The topological polar surface area (TPSA) is 75.6 Å². The van der Waals surface area contributed by atoms with Crippen molar-refractivity contribution >= 4 is 22.6 Å². The normalized spacial score (nSPS) is 20.2. The number of amides is 1.